The zero-order valence-corrected chi connectivity index (χ0v) is 12.8. The Morgan fingerprint density at radius 1 is 1.20 bits per heavy atom. The van der Waals surface area contributed by atoms with Gasteiger partial charge in [-0.25, -0.2) is 0 Å². The largest absolute Gasteiger partial charge is 0.338 e. The van der Waals surface area contributed by atoms with Crippen LogP contribution in [0.3, 0.4) is 0 Å². The minimum absolute atomic E-state index is 0.0895. The summed E-state index contributed by atoms with van der Waals surface area (Å²) in [5, 5.41) is 12.5. The predicted octanol–water partition coefficient (Wildman–Crippen LogP) is 3.94. The summed E-state index contributed by atoms with van der Waals surface area (Å²) < 4.78 is 0. The molecule has 0 saturated heterocycles. The smallest absolute Gasteiger partial charge is 0.221 e. The minimum Gasteiger partial charge on any atom is -0.338 e. The van der Waals surface area contributed by atoms with Crippen LogP contribution in [0.5, 0.6) is 0 Å². The molecule has 0 aliphatic heterocycles. The number of rotatable bonds is 4. The average Bonchev–Trinajstić information content (AvgIpc) is 2.49. The first-order valence-electron chi connectivity index (χ1n) is 8.36. The topological polar surface area (TPSA) is 52.9 Å². The molecule has 0 aromatic heterocycles. The molecule has 1 N–H and O–H groups in total. The molecule has 0 spiro atoms. The Labute approximate surface area is 123 Å². The summed E-state index contributed by atoms with van der Waals surface area (Å²) in [5.74, 6) is 1.52. The highest BCUT2D eigenvalue weighted by Crippen LogP contribution is 2.32. The Bertz CT molecular complexity index is 358. The quantitative estimate of drug-likeness (QED) is 0.845. The molecule has 0 atom stereocenters. The Morgan fingerprint density at radius 3 is 2.45 bits per heavy atom. The van der Waals surface area contributed by atoms with Crippen LogP contribution in [0, 0.1) is 23.2 Å². The van der Waals surface area contributed by atoms with Crippen LogP contribution in [0.15, 0.2) is 0 Å². The van der Waals surface area contributed by atoms with Crippen LogP contribution in [-0.2, 0) is 4.79 Å². The van der Waals surface area contributed by atoms with Gasteiger partial charge in [-0.3, -0.25) is 4.79 Å². The zero-order chi connectivity index (χ0) is 14.4. The third-order valence-corrected chi connectivity index (χ3v) is 5.22. The molecule has 3 heteroatoms. The third-order valence-electron chi connectivity index (χ3n) is 5.22. The lowest BCUT2D eigenvalue weighted by molar-refractivity contribution is -0.123. The average molecular weight is 276 g/mol. The van der Waals surface area contributed by atoms with Crippen molar-refractivity contribution in [1.82, 2.24) is 5.32 Å². The van der Waals surface area contributed by atoms with E-state index in [0.29, 0.717) is 12.3 Å². The van der Waals surface area contributed by atoms with Crippen molar-refractivity contribution in [3.8, 4) is 6.07 Å². The number of nitrogens with zero attached hydrogens (tertiary/aromatic N) is 1. The second-order valence-electron chi connectivity index (χ2n) is 6.97. The van der Waals surface area contributed by atoms with Crippen molar-refractivity contribution in [2.45, 2.75) is 83.1 Å². The van der Waals surface area contributed by atoms with Crippen molar-refractivity contribution in [3.63, 3.8) is 0 Å². The SMILES string of the molecule is CC1CCC(C#N)(NC(=O)CCC2CCCCC2)CC1. The van der Waals surface area contributed by atoms with E-state index in [-0.39, 0.29) is 5.91 Å². The standard InChI is InChI=1S/C17H28N2O/c1-14-9-11-17(13-18,12-10-14)19-16(20)8-7-15-5-3-2-4-6-15/h14-15H,2-12H2,1H3,(H,19,20). The van der Waals surface area contributed by atoms with Crippen molar-refractivity contribution in [1.29, 1.82) is 5.26 Å². The molecule has 2 rings (SSSR count). The minimum atomic E-state index is -0.573. The highest BCUT2D eigenvalue weighted by Gasteiger charge is 2.35. The summed E-state index contributed by atoms with van der Waals surface area (Å²) in [6.07, 6.45) is 11.9. The van der Waals surface area contributed by atoms with E-state index >= 15 is 0 Å². The highest BCUT2D eigenvalue weighted by molar-refractivity contribution is 5.77. The summed E-state index contributed by atoms with van der Waals surface area (Å²) in [4.78, 5) is 12.1. The first kappa shape index (κ1) is 15.4. The molecule has 20 heavy (non-hydrogen) atoms. The van der Waals surface area contributed by atoms with Crippen LogP contribution in [-0.4, -0.2) is 11.4 Å². The molecule has 2 aliphatic rings. The van der Waals surface area contributed by atoms with Crippen LogP contribution in [0.2, 0.25) is 0 Å². The zero-order valence-electron chi connectivity index (χ0n) is 12.8. The van der Waals surface area contributed by atoms with Crippen molar-refractivity contribution >= 4 is 5.91 Å². The van der Waals surface area contributed by atoms with Gasteiger partial charge in [0.05, 0.1) is 6.07 Å². The summed E-state index contributed by atoms with van der Waals surface area (Å²) in [5.41, 5.74) is -0.573. The van der Waals surface area contributed by atoms with Crippen molar-refractivity contribution < 1.29 is 4.79 Å². The molecule has 1 amide bonds. The third kappa shape index (κ3) is 4.23. The van der Waals surface area contributed by atoms with Crippen LogP contribution < -0.4 is 5.32 Å². The summed E-state index contributed by atoms with van der Waals surface area (Å²) in [7, 11) is 0. The maximum Gasteiger partial charge on any atom is 0.221 e. The molecule has 2 fully saturated rings. The molecule has 0 unspecified atom stereocenters. The number of amides is 1. The first-order chi connectivity index (χ1) is 9.63. The Hall–Kier alpha value is -1.04. The second kappa shape index (κ2) is 7.11. The molecule has 3 nitrogen and oxygen atoms in total. The lowest BCUT2D eigenvalue weighted by Crippen LogP contribution is -2.49. The number of carbonyl (C=O) groups is 1. The summed E-state index contributed by atoms with van der Waals surface area (Å²) in [6, 6.07) is 2.37. The monoisotopic (exact) mass is 276 g/mol. The van der Waals surface area contributed by atoms with Gasteiger partial charge < -0.3 is 5.32 Å². The molecular formula is C17H28N2O. The predicted molar refractivity (Wildman–Crippen MR) is 79.9 cm³/mol. The molecule has 112 valence electrons. The van der Waals surface area contributed by atoms with E-state index in [1.807, 2.05) is 0 Å². The molecule has 0 aromatic carbocycles. The van der Waals surface area contributed by atoms with Gasteiger partial charge in [-0.2, -0.15) is 5.26 Å². The van der Waals surface area contributed by atoms with Gasteiger partial charge in [-0.1, -0.05) is 39.0 Å². The van der Waals surface area contributed by atoms with E-state index < -0.39 is 5.54 Å². The van der Waals surface area contributed by atoms with E-state index in [9.17, 15) is 10.1 Å². The lowest BCUT2D eigenvalue weighted by atomic mass is 9.78. The van der Waals surface area contributed by atoms with Crippen molar-refractivity contribution in [2.24, 2.45) is 11.8 Å². The van der Waals surface area contributed by atoms with E-state index in [0.717, 1.165) is 38.0 Å². The van der Waals surface area contributed by atoms with Gasteiger partial charge in [0.2, 0.25) is 5.91 Å². The molecule has 0 bridgehead atoms. The van der Waals surface area contributed by atoms with Crippen molar-refractivity contribution in [3.05, 3.63) is 0 Å². The van der Waals surface area contributed by atoms with Gasteiger partial charge in [0, 0.05) is 6.42 Å². The normalized spacial score (nSPS) is 31.5. The molecule has 2 aliphatic carbocycles. The van der Waals surface area contributed by atoms with Gasteiger partial charge >= 0.3 is 0 Å². The van der Waals surface area contributed by atoms with Crippen LogP contribution in [0.25, 0.3) is 0 Å². The fourth-order valence-corrected chi connectivity index (χ4v) is 3.66. The number of hydrogen-bond acceptors (Lipinski definition) is 2. The Kier molecular flexibility index (Phi) is 5.46. The van der Waals surface area contributed by atoms with Crippen LogP contribution in [0.1, 0.15) is 77.6 Å². The molecular weight excluding hydrogens is 248 g/mol. The van der Waals surface area contributed by atoms with Crippen LogP contribution >= 0.6 is 0 Å². The first-order valence-corrected chi connectivity index (χ1v) is 8.36. The maximum atomic E-state index is 12.1. The number of carbonyl (C=O) groups excluding carboxylic acids is 1. The summed E-state index contributed by atoms with van der Waals surface area (Å²) >= 11 is 0. The molecule has 0 radical (unpaired) electrons. The van der Waals surface area contributed by atoms with Gasteiger partial charge in [0.1, 0.15) is 5.54 Å². The summed E-state index contributed by atoms with van der Waals surface area (Å²) in [6.45, 7) is 2.23. The number of nitriles is 1. The molecule has 2 saturated carbocycles. The molecule has 0 heterocycles. The van der Waals surface area contributed by atoms with Gasteiger partial charge in [0.15, 0.2) is 0 Å². The van der Waals surface area contributed by atoms with Gasteiger partial charge in [-0.15, -0.1) is 0 Å². The van der Waals surface area contributed by atoms with E-state index in [1.165, 1.54) is 32.1 Å². The second-order valence-corrected chi connectivity index (χ2v) is 6.97. The number of hydrogen-bond donors (Lipinski definition) is 1. The van der Waals surface area contributed by atoms with E-state index in [4.69, 9.17) is 0 Å². The van der Waals surface area contributed by atoms with Crippen LogP contribution in [0.4, 0.5) is 0 Å². The fraction of sp³-hybridized carbons (Fsp3) is 0.882. The van der Waals surface area contributed by atoms with Gasteiger partial charge in [0.25, 0.3) is 0 Å². The van der Waals surface area contributed by atoms with E-state index in [1.54, 1.807) is 0 Å². The number of nitrogens with one attached hydrogen (secondary N) is 1. The highest BCUT2D eigenvalue weighted by atomic mass is 16.1. The van der Waals surface area contributed by atoms with E-state index in [2.05, 4.69) is 18.3 Å². The van der Waals surface area contributed by atoms with Gasteiger partial charge in [-0.05, 0) is 43.9 Å². The lowest BCUT2D eigenvalue weighted by Gasteiger charge is -2.34. The van der Waals surface area contributed by atoms with Crippen molar-refractivity contribution in [2.75, 3.05) is 0 Å². The Balaban J connectivity index is 1.76. The molecule has 0 aromatic rings. The Morgan fingerprint density at radius 2 is 1.85 bits per heavy atom. The maximum absolute atomic E-state index is 12.1. The fourth-order valence-electron chi connectivity index (χ4n) is 3.66.